The number of rotatable bonds is 4. The number of carbonyl (C=O) groups is 1. The second kappa shape index (κ2) is 6.69. The van der Waals surface area contributed by atoms with Crippen molar-refractivity contribution < 1.29 is 14.6 Å². The van der Waals surface area contributed by atoms with Gasteiger partial charge >= 0.3 is 0 Å². The van der Waals surface area contributed by atoms with Gasteiger partial charge in [0, 0.05) is 18.2 Å². The monoisotopic (exact) mass is 428 g/mol. The first-order valence-electron chi connectivity index (χ1n) is 7.10. The second-order valence-corrected chi connectivity index (χ2v) is 6.93. The third kappa shape index (κ3) is 3.07. The maximum Gasteiger partial charge on any atom is 0.200 e. The molecule has 0 aromatic heterocycles. The Morgan fingerprint density at radius 3 is 2.45 bits per heavy atom. The smallest absolute Gasteiger partial charge is 0.200 e. The molecule has 1 aliphatic rings. The van der Waals surface area contributed by atoms with Crippen molar-refractivity contribution in [3.8, 4) is 5.75 Å². The van der Waals surface area contributed by atoms with Gasteiger partial charge < -0.3 is 9.84 Å². The van der Waals surface area contributed by atoms with Crippen LogP contribution in [0.15, 0.2) is 33.2 Å². The number of allylic oxidation sites excluding steroid dienone is 2. The molecule has 0 saturated carbocycles. The highest BCUT2D eigenvalue weighted by atomic mass is 79.9. The minimum Gasteiger partial charge on any atom is -0.506 e. The number of ketones is 1. The van der Waals surface area contributed by atoms with E-state index < -0.39 is 5.60 Å². The van der Waals surface area contributed by atoms with Gasteiger partial charge in [-0.2, -0.15) is 0 Å². The Morgan fingerprint density at radius 1 is 1.23 bits per heavy atom. The number of phenolic OH excluding ortho intramolecular Hbond substituents is 1. The minimum atomic E-state index is -0.650. The van der Waals surface area contributed by atoms with E-state index in [4.69, 9.17) is 4.74 Å². The zero-order valence-corrected chi connectivity index (χ0v) is 15.9. The third-order valence-corrected chi connectivity index (χ3v) is 5.17. The fourth-order valence-electron chi connectivity index (χ4n) is 2.49. The third-order valence-electron chi connectivity index (χ3n) is 3.98. The number of halogens is 2. The number of Topliss-reactive ketones (excluding diaryl/α,β-unsaturated/α-hetero) is 1. The molecule has 0 amide bonds. The highest BCUT2D eigenvalue weighted by molar-refractivity contribution is 9.12. The molecule has 0 bridgehead atoms. The van der Waals surface area contributed by atoms with E-state index in [1.54, 1.807) is 19.3 Å². The molecule has 5 heteroatoms. The maximum absolute atomic E-state index is 12.5. The zero-order chi connectivity index (χ0) is 16.5. The van der Waals surface area contributed by atoms with Crippen LogP contribution in [0.5, 0.6) is 5.75 Å². The molecule has 0 spiro atoms. The number of ether oxygens (including phenoxy) is 1. The summed E-state index contributed by atoms with van der Waals surface area (Å²) in [5.41, 5.74) is 1.37. The quantitative estimate of drug-likeness (QED) is 0.750. The molecular formula is C17H18Br2O3. The van der Waals surface area contributed by atoms with Crippen LogP contribution in [0.4, 0.5) is 0 Å². The summed E-state index contributed by atoms with van der Waals surface area (Å²) in [4.78, 5) is 12.5. The van der Waals surface area contributed by atoms with E-state index in [-0.39, 0.29) is 11.5 Å². The average Bonchev–Trinajstić information content (AvgIpc) is 2.52. The average molecular weight is 430 g/mol. The van der Waals surface area contributed by atoms with Crippen LogP contribution in [-0.4, -0.2) is 23.6 Å². The van der Waals surface area contributed by atoms with E-state index in [1.165, 1.54) is 0 Å². The van der Waals surface area contributed by atoms with Crippen LogP contribution in [-0.2, 0) is 16.0 Å². The first kappa shape index (κ1) is 17.4. The van der Waals surface area contributed by atoms with E-state index in [0.29, 0.717) is 26.5 Å². The van der Waals surface area contributed by atoms with Crippen molar-refractivity contribution in [2.75, 3.05) is 7.11 Å². The standard InChI is InChI=1S/C17H18Br2O3/c1-4-10-6-11(15(20)13(18)7-10)12-8-17(5-2,22-3)9-14(19)16(12)21/h6-9,20H,4-5H2,1-3H3. The van der Waals surface area contributed by atoms with E-state index in [2.05, 4.69) is 31.9 Å². The molecule has 1 aliphatic carbocycles. The highest BCUT2D eigenvalue weighted by Gasteiger charge is 2.33. The van der Waals surface area contributed by atoms with E-state index >= 15 is 0 Å². The van der Waals surface area contributed by atoms with E-state index in [9.17, 15) is 9.90 Å². The molecule has 1 aromatic rings. The normalized spacial score (nSPS) is 21.6. The summed E-state index contributed by atoms with van der Waals surface area (Å²) in [6.07, 6.45) is 5.06. The summed E-state index contributed by atoms with van der Waals surface area (Å²) in [5.74, 6) is -0.0864. The second-order valence-electron chi connectivity index (χ2n) is 5.22. The van der Waals surface area contributed by atoms with Gasteiger partial charge in [-0.05, 0) is 74.5 Å². The summed E-state index contributed by atoms with van der Waals surface area (Å²) >= 11 is 6.68. The summed E-state index contributed by atoms with van der Waals surface area (Å²) in [5, 5.41) is 10.4. The zero-order valence-electron chi connectivity index (χ0n) is 12.7. The molecule has 0 aliphatic heterocycles. The summed E-state index contributed by atoms with van der Waals surface area (Å²) in [6.45, 7) is 4.02. The molecule has 1 unspecified atom stereocenters. The van der Waals surface area contributed by atoms with Gasteiger partial charge in [-0.1, -0.05) is 13.8 Å². The lowest BCUT2D eigenvalue weighted by Crippen LogP contribution is -2.30. The Kier molecular flexibility index (Phi) is 5.30. The number of phenols is 1. The van der Waals surface area contributed by atoms with Gasteiger partial charge in [-0.15, -0.1) is 0 Å². The fraction of sp³-hybridized carbons (Fsp3) is 0.353. The first-order chi connectivity index (χ1) is 10.4. The van der Waals surface area contributed by atoms with Crippen molar-refractivity contribution in [2.45, 2.75) is 32.3 Å². The van der Waals surface area contributed by atoms with Gasteiger partial charge in [-0.3, -0.25) is 4.79 Å². The molecule has 0 fully saturated rings. The lowest BCUT2D eigenvalue weighted by Gasteiger charge is -2.29. The van der Waals surface area contributed by atoms with Crippen molar-refractivity contribution in [1.29, 1.82) is 0 Å². The topological polar surface area (TPSA) is 46.5 Å². The van der Waals surface area contributed by atoms with E-state index in [1.807, 2.05) is 26.0 Å². The van der Waals surface area contributed by atoms with Gasteiger partial charge in [0.15, 0.2) is 5.78 Å². The molecule has 22 heavy (non-hydrogen) atoms. The van der Waals surface area contributed by atoms with E-state index in [0.717, 1.165) is 12.0 Å². The number of carbonyl (C=O) groups excluding carboxylic acids is 1. The molecule has 118 valence electrons. The molecule has 3 nitrogen and oxygen atoms in total. The Morgan fingerprint density at radius 2 is 1.91 bits per heavy atom. The van der Waals surface area contributed by atoms with Crippen LogP contribution < -0.4 is 0 Å². The Labute approximate surface area is 147 Å². The van der Waals surface area contributed by atoms with Crippen molar-refractivity contribution >= 4 is 43.2 Å². The van der Waals surface area contributed by atoms with Crippen LogP contribution in [0.1, 0.15) is 31.4 Å². The van der Waals surface area contributed by atoms with Crippen molar-refractivity contribution in [3.05, 3.63) is 44.4 Å². The summed E-state index contributed by atoms with van der Waals surface area (Å²) in [7, 11) is 1.61. The summed E-state index contributed by atoms with van der Waals surface area (Å²) in [6, 6.07) is 3.71. The molecule has 0 saturated heterocycles. The largest absolute Gasteiger partial charge is 0.506 e. The Hall–Kier alpha value is -0.910. The van der Waals surface area contributed by atoms with Crippen molar-refractivity contribution in [2.24, 2.45) is 0 Å². The molecule has 1 atom stereocenters. The van der Waals surface area contributed by atoms with Gasteiger partial charge in [0.25, 0.3) is 0 Å². The van der Waals surface area contributed by atoms with Gasteiger partial charge in [0.2, 0.25) is 0 Å². The Balaban J connectivity index is 2.67. The predicted octanol–water partition coefficient (Wildman–Crippen LogP) is 4.76. The summed E-state index contributed by atoms with van der Waals surface area (Å²) < 4.78 is 6.63. The number of hydrogen-bond donors (Lipinski definition) is 1. The number of benzene rings is 1. The molecule has 0 heterocycles. The van der Waals surface area contributed by atoms with Crippen LogP contribution in [0.3, 0.4) is 0 Å². The Bertz CT molecular complexity index is 671. The van der Waals surface area contributed by atoms with Gasteiger partial charge in [0.1, 0.15) is 11.4 Å². The van der Waals surface area contributed by atoms with Gasteiger partial charge in [0.05, 0.1) is 8.96 Å². The lowest BCUT2D eigenvalue weighted by atomic mass is 9.86. The highest BCUT2D eigenvalue weighted by Crippen LogP contribution is 2.40. The van der Waals surface area contributed by atoms with Crippen LogP contribution in [0.25, 0.3) is 5.57 Å². The number of aromatic hydroxyl groups is 1. The SMILES string of the molecule is CCc1cc(Br)c(O)c(C2=CC(CC)(OC)C=C(Br)C2=O)c1. The minimum absolute atomic E-state index is 0.0695. The first-order valence-corrected chi connectivity index (χ1v) is 8.68. The van der Waals surface area contributed by atoms with Crippen molar-refractivity contribution in [3.63, 3.8) is 0 Å². The van der Waals surface area contributed by atoms with Crippen molar-refractivity contribution in [1.82, 2.24) is 0 Å². The van der Waals surface area contributed by atoms with Crippen LogP contribution in [0, 0.1) is 0 Å². The fourth-order valence-corrected chi connectivity index (χ4v) is 3.60. The predicted molar refractivity (Wildman–Crippen MR) is 95.2 cm³/mol. The maximum atomic E-state index is 12.5. The molecule has 1 aromatic carbocycles. The lowest BCUT2D eigenvalue weighted by molar-refractivity contribution is -0.110. The van der Waals surface area contributed by atoms with Gasteiger partial charge in [-0.25, -0.2) is 0 Å². The number of aryl methyl sites for hydroxylation is 1. The number of methoxy groups -OCH3 is 1. The molecule has 1 N–H and O–H groups in total. The molecule has 2 rings (SSSR count). The molecular weight excluding hydrogens is 412 g/mol. The van der Waals surface area contributed by atoms with Crippen LogP contribution in [0.2, 0.25) is 0 Å². The van der Waals surface area contributed by atoms with Crippen LogP contribution >= 0.6 is 31.9 Å². The molecule has 0 radical (unpaired) electrons. The number of hydrogen-bond acceptors (Lipinski definition) is 3.